The summed E-state index contributed by atoms with van der Waals surface area (Å²) in [7, 11) is 0. The van der Waals surface area contributed by atoms with Crippen molar-refractivity contribution in [2.75, 3.05) is 13.1 Å². The van der Waals surface area contributed by atoms with Crippen LogP contribution in [-0.4, -0.2) is 29.1 Å². The zero-order valence-corrected chi connectivity index (χ0v) is 9.95. The molecule has 1 aliphatic heterocycles. The van der Waals surface area contributed by atoms with E-state index in [2.05, 4.69) is 0 Å². The van der Waals surface area contributed by atoms with E-state index < -0.39 is 17.8 Å². The summed E-state index contributed by atoms with van der Waals surface area (Å²) in [6, 6.07) is 3.13. The molecule has 1 saturated heterocycles. The van der Waals surface area contributed by atoms with Gasteiger partial charge in [0.2, 0.25) is 0 Å². The number of aliphatic carboxylic acids is 1. The number of carbonyl (C=O) groups is 1. The van der Waals surface area contributed by atoms with Gasteiger partial charge < -0.3 is 5.11 Å². The average molecular weight is 258 g/mol. The Morgan fingerprint density at radius 3 is 2.53 bits per heavy atom. The molecule has 0 amide bonds. The van der Waals surface area contributed by atoms with E-state index in [0.717, 1.165) is 25.9 Å². The lowest BCUT2D eigenvalue weighted by molar-refractivity contribution is -0.143. The largest absolute Gasteiger partial charge is 0.480 e. The van der Waals surface area contributed by atoms with E-state index in [1.165, 1.54) is 18.2 Å². The minimum atomic E-state index is -0.964. The molecule has 0 saturated carbocycles. The molecule has 1 aromatic carbocycles. The highest BCUT2D eigenvalue weighted by Crippen LogP contribution is 2.28. The van der Waals surface area contributed by atoms with E-state index in [4.69, 9.17) is 11.6 Å². The maximum Gasteiger partial charge on any atom is 0.325 e. The number of benzene rings is 1. The molecule has 17 heavy (non-hydrogen) atoms. The maximum atomic E-state index is 13.2. The molecule has 1 fully saturated rings. The number of hydrogen-bond donors (Lipinski definition) is 1. The Hall–Kier alpha value is -1.13. The van der Waals surface area contributed by atoms with Crippen molar-refractivity contribution in [1.82, 2.24) is 4.90 Å². The molecule has 1 N–H and O–H groups in total. The highest BCUT2D eigenvalue weighted by atomic mass is 35.5. The number of carboxylic acid groups (broad SMARTS) is 1. The van der Waals surface area contributed by atoms with Crippen molar-refractivity contribution in [3.8, 4) is 0 Å². The molecule has 1 unspecified atom stereocenters. The summed E-state index contributed by atoms with van der Waals surface area (Å²) in [6.45, 7) is 1.45. The van der Waals surface area contributed by atoms with Crippen molar-refractivity contribution in [1.29, 1.82) is 0 Å². The normalized spacial score (nSPS) is 18.2. The average Bonchev–Trinajstić information content (AvgIpc) is 2.68. The van der Waals surface area contributed by atoms with Crippen molar-refractivity contribution in [2.24, 2.45) is 0 Å². The summed E-state index contributed by atoms with van der Waals surface area (Å²) in [6.07, 6.45) is 1.96. The van der Waals surface area contributed by atoms with Crippen LogP contribution in [0.1, 0.15) is 24.4 Å². The van der Waals surface area contributed by atoms with Gasteiger partial charge in [-0.2, -0.15) is 0 Å². The van der Waals surface area contributed by atoms with Gasteiger partial charge in [0.05, 0.1) is 0 Å². The molecule has 1 aromatic rings. The molecule has 0 bridgehead atoms. The first kappa shape index (κ1) is 12.3. The first-order valence-electron chi connectivity index (χ1n) is 5.51. The summed E-state index contributed by atoms with van der Waals surface area (Å²) >= 11 is 5.75. The number of hydrogen-bond acceptors (Lipinski definition) is 2. The predicted molar refractivity (Wildman–Crippen MR) is 62.6 cm³/mol. The van der Waals surface area contributed by atoms with Gasteiger partial charge in [0.15, 0.2) is 0 Å². The molecule has 1 heterocycles. The van der Waals surface area contributed by atoms with Crippen LogP contribution in [0.3, 0.4) is 0 Å². The second kappa shape index (κ2) is 5.02. The van der Waals surface area contributed by atoms with E-state index in [9.17, 15) is 14.3 Å². The third-order valence-corrected chi connectivity index (χ3v) is 3.16. The van der Waals surface area contributed by atoms with Gasteiger partial charge in [-0.1, -0.05) is 11.6 Å². The molecule has 1 atom stereocenters. The van der Waals surface area contributed by atoms with Crippen LogP contribution in [0.25, 0.3) is 0 Å². The van der Waals surface area contributed by atoms with Gasteiger partial charge in [0.1, 0.15) is 11.9 Å². The molecule has 92 valence electrons. The summed E-state index contributed by atoms with van der Waals surface area (Å²) in [5.74, 6) is -1.47. The zero-order chi connectivity index (χ0) is 12.4. The molecule has 3 nitrogen and oxygen atoms in total. The third-order valence-electron chi connectivity index (χ3n) is 2.94. The number of rotatable bonds is 3. The fourth-order valence-electron chi connectivity index (χ4n) is 2.24. The van der Waals surface area contributed by atoms with Crippen LogP contribution >= 0.6 is 11.6 Å². The van der Waals surface area contributed by atoms with Crippen LogP contribution in [0.2, 0.25) is 5.02 Å². The quantitative estimate of drug-likeness (QED) is 0.905. The Kier molecular flexibility index (Phi) is 3.64. The fourth-order valence-corrected chi connectivity index (χ4v) is 2.47. The van der Waals surface area contributed by atoms with Crippen molar-refractivity contribution in [3.05, 3.63) is 34.6 Å². The molecular formula is C12H13ClFNO2. The number of likely N-dealkylation sites (tertiary alicyclic amines) is 1. The zero-order valence-electron chi connectivity index (χ0n) is 9.20. The molecule has 2 rings (SSSR count). The molecule has 0 aromatic heterocycles. The number of carboxylic acids is 1. The van der Waals surface area contributed by atoms with E-state index in [0.29, 0.717) is 5.56 Å². The summed E-state index contributed by atoms with van der Waals surface area (Å²) in [4.78, 5) is 13.1. The van der Waals surface area contributed by atoms with E-state index in [1.54, 1.807) is 0 Å². The molecule has 0 radical (unpaired) electrons. The van der Waals surface area contributed by atoms with Gasteiger partial charge in [-0.25, -0.2) is 4.39 Å². The van der Waals surface area contributed by atoms with Crippen molar-refractivity contribution >= 4 is 17.6 Å². The first-order chi connectivity index (χ1) is 8.08. The van der Waals surface area contributed by atoms with Crippen LogP contribution in [0, 0.1) is 5.82 Å². The second-order valence-corrected chi connectivity index (χ2v) is 4.62. The monoisotopic (exact) mass is 257 g/mol. The standard InChI is InChI=1S/C12H13ClFNO2/c13-9-5-8(6-10(14)7-9)11(12(16)17)15-3-1-2-4-15/h5-7,11H,1-4H2,(H,16,17). The lowest BCUT2D eigenvalue weighted by atomic mass is 10.1. The lowest BCUT2D eigenvalue weighted by Gasteiger charge is -2.24. The van der Waals surface area contributed by atoms with E-state index in [-0.39, 0.29) is 5.02 Å². The molecule has 5 heteroatoms. The maximum absolute atomic E-state index is 13.2. The Labute approximate surface area is 104 Å². The SMILES string of the molecule is O=C(O)C(c1cc(F)cc(Cl)c1)N1CCCC1. The van der Waals surface area contributed by atoms with Crippen molar-refractivity contribution in [2.45, 2.75) is 18.9 Å². The minimum absolute atomic E-state index is 0.227. The molecule has 0 spiro atoms. The second-order valence-electron chi connectivity index (χ2n) is 4.19. The van der Waals surface area contributed by atoms with Crippen molar-refractivity contribution < 1.29 is 14.3 Å². The molecular weight excluding hydrogens is 245 g/mol. The minimum Gasteiger partial charge on any atom is -0.480 e. The highest BCUT2D eigenvalue weighted by Gasteiger charge is 2.29. The topological polar surface area (TPSA) is 40.5 Å². The van der Waals surface area contributed by atoms with Gasteiger partial charge in [0, 0.05) is 5.02 Å². The van der Waals surface area contributed by atoms with E-state index >= 15 is 0 Å². The van der Waals surface area contributed by atoms with Gasteiger partial charge in [0.25, 0.3) is 0 Å². The Morgan fingerprint density at radius 1 is 1.35 bits per heavy atom. The summed E-state index contributed by atoms with van der Waals surface area (Å²) in [5.41, 5.74) is 0.407. The van der Waals surface area contributed by atoms with E-state index in [1.807, 2.05) is 4.90 Å². The molecule has 0 aliphatic carbocycles. The lowest BCUT2D eigenvalue weighted by Crippen LogP contribution is -2.31. The Bertz CT molecular complexity index is 412. The van der Waals surface area contributed by atoms with Gasteiger partial charge in [-0.05, 0) is 49.7 Å². The van der Waals surface area contributed by atoms with Crippen molar-refractivity contribution in [3.63, 3.8) is 0 Å². The smallest absolute Gasteiger partial charge is 0.325 e. The predicted octanol–water partition coefficient (Wildman–Crippen LogP) is 2.70. The Balaban J connectivity index is 2.34. The first-order valence-corrected chi connectivity index (χ1v) is 5.88. The van der Waals surface area contributed by atoms with Crippen LogP contribution in [0.15, 0.2) is 18.2 Å². The van der Waals surface area contributed by atoms with Crippen LogP contribution < -0.4 is 0 Å². The third kappa shape index (κ3) is 2.76. The van der Waals surface area contributed by atoms with Gasteiger partial charge in [-0.3, -0.25) is 9.69 Å². The summed E-state index contributed by atoms with van der Waals surface area (Å²) < 4.78 is 13.2. The van der Waals surface area contributed by atoms with Crippen LogP contribution in [0.4, 0.5) is 4.39 Å². The van der Waals surface area contributed by atoms with Gasteiger partial charge >= 0.3 is 5.97 Å². The number of nitrogens with zero attached hydrogens (tertiary/aromatic N) is 1. The van der Waals surface area contributed by atoms with Gasteiger partial charge in [-0.15, -0.1) is 0 Å². The van der Waals surface area contributed by atoms with Crippen LogP contribution in [-0.2, 0) is 4.79 Å². The fraction of sp³-hybridized carbons (Fsp3) is 0.417. The number of halogens is 2. The highest BCUT2D eigenvalue weighted by molar-refractivity contribution is 6.30. The summed E-state index contributed by atoms with van der Waals surface area (Å²) in [5, 5.41) is 9.49. The molecule has 1 aliphatic rings. The van der Waals surface area contributed by atoms with Crippen LogP contribution in [0.5, 0.6) is 0 Å². The Morgan fingerprint density at radius 2 is 2.00 bits per heavy atom.